The number of aliphatic hydroxyl groups is 4. The Labute approximate surface area is 421 Å². The lowest BCUT2D eigenvalue weighted by Gasteiger charge is -2.29. The number of benzene rings is 2. The van der Waals surface area contributed by atoms with E-state index in [0.29, 0.717) is 11.1 Å². The monoisotopic (exact) mass is 1040 g/mol. The molecule has 0 spiro atoms. The maximum Gasteiger partial charge on any atom is 0.328 e. The maximum atomic E-state index is 14.3. The number of aromatic hydroxyl groups is 2. The number of nitrogens with two attached hydrogens (primary N) is 1. The van der Waals surface area contributed by atoms with E-state index >= 15 is 0 Å². The van der Waals surface area contributed by atoms with Crippen molar-refractivity contribution < 1.29 is 88.8 Å². The smallest absolute Gasteiger partial charge is 0.328 e. The Morgan fingerprint density at radius 1 is 0.500 bits per heavy atom. The van der Waals surface area contributed by atoms with Gasteiger partial charge in [0.25, 0.3) is 0 Å². The summed E-state index contributed by atoms with van der Waals surface area (Å²) in [5, 5.41) is 95.6. The first-order valence-corrected chi connectivity index (χ1v) is 22.6. The van der Waals surface area contributed by atoms with Crippen LogP contribution in [0.25, 0.3) is 0 Å². The maximum absolute atomic E-state index is 14.3. The Kier molecular flexibility index (Phi) is 23.8. The van der Waals surface area contributed by atoms with E-state index in [4.69, 9.17) is 5.73 Å². The van der Waals surface area contributed by atoms with E-state index in [2.05, 4.69) is 47.2 Å². The van der Waals surface area contributed by atoms with Gasteiger partial charge in [-0.3, -0.25) is 43.2 Å². The molecule has 0 unspecified atom stereocenters. The minimum atomic E-state index is -1.92. The third-order valence-electron chi connectivity index (χ3n) is 10.9. The van der Waals surface area contributed by atoms with Crippen LogP contribution >= 0.6 is 0 Å². The van der Waals surface area contributed by atoms with Crippen LogP contribution < -0.4 is 48.3 Å². The molecule has 19 N–H and O–H groups in total. The number of hydrogen-bond acceptors (Lipinski definition) is 18. The van der Waals surface area contributed by atoms with Crippen molar-refractivity contribution >= 4 is 59.2 Å². The van der Waals surface area contributed by atoms with Crippen LogP contribution in [0, 0.1) is 5.92 Å². The van der Waals surface area contributed by atoms with Gasteiger partial charge in [-0.2, -0.15) is 0 Å². The van der Waals surface area contributed by atoms with Crippen LogP contribution in [0.15, 0.2) is 61.1 Å². The average molecular weight is 1040 g/mol. The standard InChI is InChI=1S/C45H61N11O18/c1-21(2)36(44(72)52-30(13-24-15-47-20-48-24)39(67)51-31(14-35(63)64)40(68)55-34(19-60)45(73)74)56-41(69)29(12-23-5-9-26(62)10-6-23)50-43(71)33(18-59)54-38(66)28(11-22-3-7-25(61)8-4-22)49-42(70)32(17-58)53-37(65)27(46)16-57/h3-10,15,20-21,27-34,36,57-62H,11-14,16-19,46H2,1-2H3,(H,47,48)(H,49,70)(H,50,71)(H,51,67)(H,52,72)(H,53,65)(H,54,66)(H,55,68)(H,56,69)(H,63,64)(H,73,74)/t27-,28-,29-,30-,31-,32-,33-,34-,36-/m0/s1. The Hall–Kier alpha value is -8.25. The number of hydrogen-bond donors (Lipinski definition) is 18. The summed E-state index contributed by atoms with van der Waals surface area (Å²) in [4.78, 5) is 138. The summed E-state index contributed by atoms with van der Waals surface area (Å²) in [5.41, 5.74) is 6.44. The van der Waals surface area contributed by atoms with Gasteiger partial charge >= 0.3 is 11.9 Å². The highest BCUT2D eigenvalue weighted by atomic mass is 16.4. The Morgan fingerprint density at radius 2 is 0.878 bits per heavy atom. The van der Waals surface area contributed by atoms with Crippen molar-refractivity contribution in [3.8, 4) is 11.5 Å². The molecular weight excluding hydrogens is 983 g/mol. The predicted molar refractivity (Wildman–Crippen MR) is 252 cm³/mol. The third kappa shape index (κ3) is 19.1. The largest absolute Gasteiger partial charge is 0.508 e. The summed E-state index contributed by atoms with van der Waals surface area (Å²) in [6.07, 6.45) is 0.420. The number of rotatable bonds is 30. The number of carbonyl (C=O) groups excluding carboxylic acids is 8. The molecule has 1 aromatic heterocycles. The molecule has 0 saturated heterocycles. The summed E-state index contributed by atoms with van der Waals surface area (Å²) < 4.78 is 0. The van der Waals surface area contributed by atoms with E-state index in [0.717, 1.165) is 0 Å². The second-order valence-electron chi connectivity index (χ2n) is 17.0. The number of nitrogens with one attached hydrogen (secondary N) is 9. The first-order chi connectivity index (χ1) is 35.0. The van der Waals surface area contributed by atoms with E-state index in [-0.39, 0.29) is 36.5 Å². The fourth-order valence-corrected chi connectivity index (χ4v) is 6.71. The van der Waals surface area contributed by atoms with Crippen molar-refractivity contribution in [3.63, 3.8) is 0 Å². The number of aromatic amines is 1. The highest BCUT2D eigenvalue weighted by Crippen LogP contribution is 2.15. The van der Waals surface area contributed by atoms with E-state index in [9.17, 15) is 88.8 Å². The van der Waals surface area contributed by atoms with Gasteiger partial charge in [-0.05, 0) is 41.3 Å². The number of imidazole rings is 1. The average Bonchev–Trinajstić information content (AvgIpc) is 3.88. The number of carboxylic acids is 2. The molecule has 3 aromatic rings. The van der Waals surface area contributed by atoms with Gasteiger partial charge in [0.15, 0.2) is 0 Å². The molecule has 0 aliphatic carbocycles. The predicted octanol–water partition coefficient (Wildman–Crippen LogP) is -6.76. The molecule has 2 aromatic carbocycles. The van der Waals surface area contributed by atoms with Crippen LogP contribution in [0.1, 0.15) is 37.1 Å². The van der Waals surface area contributed by atoms with Gasteiger partial charge in [-0.1, -0.05) is 38.1 Å². The van der Waals surface area contributed by atoms with Crippen LogP contribution in [0.3, 0.4) is 0 Å². The molecular formula is C45H61N11O18. The van der Waals surface area contributed by atoms with Crippen LogP contribution in [0.5, 0.6) is 11.5 Å². The minimum Gasteiger partial charge on any atom is -0.508 e. The molecule has 1 heterocycles. The zero-order chi connectivity index (χ0) is 55.2. The first-order valence-electron chi connectivity index (χ1n) is 22.6. The Balaban J connectivity index is 1.92. The molecule has 0 fully saturated rings. The molecule has 0 bridgehead atoms. The van der Waals surface area contributed by atoms with Crippen LogP contribution in [0.2, 0.25) is 0 Å². The highest BCUT2D eigenvalue weighted by Gasteiger charge is 2.36. The SMILES string of the molecule is CC(C)[C@H](NC(=O)[C@H](Cc1ccc(O)cc1)NC(=O)[C@H](CO)NC(=O)[C@H](Cc1ccc(O)cc1)NC(=O)[C@H](CO)NC(=O)[C@@H](N)CO)C(=O)N[C@@H](Cc1cnc[nH]1)C(=O)N[C@@H](CC(=O)O)C(=O)N[C@@H](CO)C(=O)O. The molecule has 0 aliphatic heterocycles. The topological polar surface area (TPSA) is 483 Å². The van der Waals surface area contributed by atoms with E-state index in [1.54, 1.807) is 0 Å². The second-order valence-corrected chi connectivity index (χ2v) is 17.0. The molecule has 29 nitrogen and oxygen atoms in total. The van der Waals surface area contributed by atoms with Gasteiger partial charge in [0, 0.05) is 31.2 Å². The molecule has 0 radical (unpaired) electrons. The Morgan fingerprint density at radius 3 is 1.28 bits per heavy atom. The van der Waals surface area contributed by atoms with Crippen LogP contribution in [-0.2, 0) is 67.2 Å². The van der Waals surface area contributed by atoms with Crippen molar-refractivity contribution in [1.29, 1.82) is 0 Å². The van der Waals surface area contributed by atoms with Crippen molar-refractivity contribution in [1.82, 2.24) is 52.5 Å². The lowest BCUT2D eigenvalue weighted by molar-refractivity contribution is -0.144. The Bertz CT molecular complexity index is 2410. The summed E-state index contributed by atoms with van der Waals surface area (Å²) in [5.74, 6) is -13.3. The quantitative estimate of drug-likeness (QED) is 0.0295. The fourth-order valence-electron chi connectivity index (χ4n) is 6.71. The number of amides is 8. The fraction of sp³-hybridized carbons (Fsp3) is 0.444. The number of aliphatic carboxylic acids is 2. The lowest BCUT2D eigenvalue weighted by Crippen LogP contribution is -2.62. The number of nitrogens with zero attached hydrogens (tertiary/aromatic N) is 1. The van der Waals surface area contributed by atoms with Gasteiger partial charge < -0.3 is 94.1 Å². The van der Waals surface area contributed by atoms with Gasteiger partial charge in [0.05, 0.1) is 39.2 Å². The highest BCUT2D eigenvalue weighted by molar-refractivity contribution is 5.99. The number of H-pyrrole nitrogens is 1. The summed E-state index contributed by atoms with van der Waals surface area (Å²) >= 11 is 0. The number of carbonyl (C=O) groups is 10. The normalized spacial score (nSPS) is 14.7. The number of aliphatic hydroxyl groups excluding tert-OH is 4. The van der Waals surface area contributed by atoms with Gasteiger partial charge in [-0.25, -0.2) is 9.78 Å². The summed E-state index contributed by atoms with van der Waals surface area (Å²) in [6.45, 7) is -0.984. The number of phenolic OH excluding ortho intramolecular Hbond substituents is 2. The number of aromatic nitrogens is 2. The summed E-state index contributed by atoms with van der Waals surface area (Å²) in [7, 11) is 0. The van der Waals surface area contributed by atoms with Crippen LogP contribution in [-0.4, -0.2) is 191 Å². The number of phenols is 2. The zero-order valence-corrected chi connectivity index (χ0v) is 39.9. The van der Waals surface area contributed by atoms with Crippen molar-refractivity contribution in [2.45, 2.75) is 93.9 Å². The van der Waals surface area contributed by atoms with Crippen molar-refractivity contribution in [2.75, 3.05) is 26.4 Å². The van der Waals surface area contributed by atoms with Gasteiger partial charge in [0.2, 0.25) is 47.3 Å². The molecule has 74 heavy (non-hydrogen) atoms. The summed E-state index contributed by atoms with van der Waals surface area (Å²) in [6, 6.07) is -4.53. The molecule has 3 rings (SSSR count). The molecule has 8 amide bonds. The molecule has 9 atom stereocenters. The third-order valence-corrected chi connectivity index (χ3v) is 10.9. The minimum absolute atomic E-state index is 0.145. The van der Waals surface area contributed by atoms with Crippen LogP contribution in [0.4, 0.5) is 0 Å². The molecule has 0 saturated carbocycles. The van der Waals surface area contributed by atoms with E-state index < -0.39 is 152 Å². The molecule has 29 heteroatoms. The molecule has 404 valence electrons. The van der Waals surface area contributed by atoms with Crippen molar-refractivity contribution in [2.24, 2.45) is 11.7 Å². The van der Waals surface area contributed by atoms with E-state index in [1.165, 1.54) is 74.9 Å². The second kappa shape index (κ2) is 29.3. The number of carboxylic acid groups (broad SMARTS) is 2. The van der Waals surface area contributed by atoms with Gasteiger partial charge in [-0.15, -0.1) is 0 Å². The first kappa shape index (κ1) is 60.1. The zero-order valence-electron chi connectivity index (χ0n) is 39.9. The van der Waals surface area contributed by atoms with Crippen molar-refractivity contribution in [3.05, 3.63) is 77.9 Å². The van der Waals surface area contributed by atoms with E-state index in [1.807, 2.05) is 5.32 Å². The molecule has 0 aliphatic rings. The lowest BCUT2D eigenvalue weighted by atomic mass is 9.99. The van der Waals surface area contributed by atoms with Gasteiger partial charge in [0.1, 0.15) is 65.9 Å².